The van der Waals surface area contributed by atoms with Gasteiger partial charge in [0.25, 0.3) is 0 Å². The summed E-state index contributed by atoms with van der Waals surface area (Å²) in [6.07, 6.45) is 0.0350. The molecule has 2 rings (SSSR count). The quantitative estimate of drug-likeness (QED) is 0.783. The van der Waals surface area contributed by atoms with Gasteiger partial charge in [-0.05, 0) is 18.2 Å². The standard InChI is InChI=1S/C10H8N6O/c11-6-7-2-1-3-8(4-7)12-10(17)5-9-13-15-16-14-9/h1-4H,5H2,(H,12,17)(H,13,14,15,16). The average Bonchev–Trinajstić information content (AvgIpc) is 2.82. The molecule has 0 spiro atoms. The molecular formula is C10H8N6O. The minimum atomic E-state index is -0.263. The fraction of sp³-hybridized carbons (Fsp3) is 0.100. The van der Waals surface area contributed by atoms with Gasteiger partial charge in [-0.3, -0.25) is 4.79 Å². The lowest BCUT2D eigenvalue weighted by molar-refractivity contribution is -0.115. The SMILES string of the molecule is N#Cc1cccc(NC(=O)Cc2nn[nH]n2)c1. The number of H-pyrrole nitrogens is 1. The molecule has 0 fully saturated rings. The van der Waals surface area contributed by atoms with E-state index in [-0.39, 0.29) is 12.3 Å². The second-order valence-electron chi connectivity index (χ2n) is 3.25. The van der Waals surface area contributed by atoms with Crippen molar-refractivity contribution in [1.29, 1.82) is 5.26 Å². The minimum Gasteiger partial charge on any atom is -0.326 e. The van der Waals surface area contributed by atoms with Crippen LogP contribution in [0.15, 0.2) is 24.3 Å². The number of carbonyl (C=O) groups excluding carboxylic acids is 1. The highest BCUT2D eigenvalue weighted by molar-refractivity contribution is 5.91. The summed E-state index contributed by atoms with van der Waals surface area (Å²) < 4.78 is 0. The van der Waals surface area contributed by atoms with E-state index in [1.807, 2.05) is 6.07 Å². The molecule has 0 saturated carbocycles. The van der Waals surface area contributed by atoms with Gasteiger partial charge in [0.1, 0.15) is 0 Å². The van der Waals surface area contributed by atoms with E-state index in [4.69, 9.17) is 5.26 Å². The largest absolute Gasteiger partial charge is 0.326 e. The lowest BCUT2D eigenvalue weighted by Crippen LogP contribution is -2.15. The molecule has 0 saturated heterocycles. The van der Waals surface area contributed by atoms with Crippen molar-refractivity contribution in [2.45, 2.75) is 6.42 Å². The highest BCUT2D eigenvalue weighted by atomic mass is 16.1. The second-order valence-corrected chi connectivity index (χ2v) is 3.25. The molecule has 0 bridgehead atoms. The van der Waals surface area contributed by atoms with Crippen LogP contribution < -0.4 is 5.32 Å². The second kappa shape index (κ2) is 4.85. The van der Waals surface area contributed by atoms with Gasteiger partial charge in [0.2, 0.25) is 5.91 Å². The van der Waals surface area contributed by atoms with Crippen LogP contribution in [0.3, 0.4) is 0 Å². The Bertz CT molecular complexity index is 556. The first kappa shape index (κ1) is 10.8. The zero-order valence-electron chi connectivity index (χ0n) is 8.71. The number of hydrogen-bond acceptors (Lipinski definition) is 5. The first-order chi connectivity index (χ1) is 8.28. The summed E-state index contributed by atoms with van der Waals surface area (Å²) in [5.74, 6) is 0.0560. The zero-order chi connectivity index (χ0) is 12.1. The van der Waals surface area contributed by atoms with Gasteiger partial charge in [-0.25, -0.2) is 0 Å². The van der Waals surface area contributed by atoms with Gasteiger partial charge in [0.05, 0.1) is 18.1 Å². The van der Waals surface area contributed by atoms with Crippen LogP contribution in [0.2, 0.25) is 0 Å². The number of benzene rings is 1. The van der Waals surface area contributed by atoms with Crippen molar-refractivity contribution < 1.29 is 4.79 Å². The minimum absolute atomic E-state index is 0.0350. The number of nitrogens with zero attached hydrogens (tertiary/aromatic N) is 4. The Morgan fingerprint density at radius 1 is 1.53 bits per heavy atom. The first-order valence-corrected chi connectivity index (χ1v) is 4.80. The molecule has 7 nitrogen and oxygen atoms in total. The smallest absolute Gasteiger partial charge is 0.232 e. The topological polar surface area (TPSA) is 107 Å². The van der Waals surface area contributed by atoms with E-state index in [0.717, 1.165) is 0 Å². The Labute approximate surface area is 96.5 Å². The van der Waals surface area contributed by atoms with Crippen LogP contribution >= 0.6 is 0 Å². The summed E-state index contributed by atoms with van der Waals surface area (Å²) in [6, 6.07) is 8.65. The summed E-state index contributed by atoms with van der Waals surface area (Å²) in [7, 11) is 0. The number of tetrazole rings is 1. The normalized spacial score (nSPS) is 9.59. The van der Waals surface area contributed by atoms with Gasteiger partial charge < -0.3 is 5.32 Å². The summed E-state index contributed by atoms with van der Waals surface area (Å²) in [6.45, 7) is 0. The molecule has 84 valence electrons. The summed E-state index contributed by atoms with van der Waals surface area (Å²) in [5, 5.41) is 24.3. The fourth-order valence-corrected chi connectivity index (χ4v) is 1.27. The maximum Gasteiger partial charge on any atom is 0.232 e. The summed E-state index contributed by atoms with van der Waals surface area (Å²) in [5.41, 5.74) is 1.06. The molecule has 0 atom stereocenters. The maximum atomic E-state index is 11.6. The predicted molar refractivity (Wildman–Crippen MR) is 57.7 cm³/mol. The van der Waals surface area contributed by atoms with Crippen LogP contribution in [0.5, 0.6) is 0 Å². The highest BCUT2D eigenvalue weighted by Crippen LogP contribution is 2.09. The molecule has 1 aromatic carbocycles. The molecule has 0 radical (unpaired) electrons. The molecule has 2 aromatic rings. The average molecular weight is 228 g/mol. The number of amides is 1. The molecule has 0 aliphatic heterocycles. The van der Waals surface area contributed by atoms with E-state index in [1.165, 1.54) is 0 Å². The molecule has 2 N–H and O–H groups in total. The fourth-order valence-electron chi connectivity index (χ4n) is 1.27. The summed E-state index contributed by atoms with van der Waals surface area (Å²) in [4.78, 5) is 11.6. The maximum absolute atomic E-state index is 11.6. The van der Waals surface area contributed by atoms with Crippen LogP contribution in [-0.2, 0) is 11.2 Å². The molecule has 17 heavy (non-hydrogen) atoms. The lowest BCUT2D eigenvalue weighted by Gasteiger charge is -2.03. The van der Waals surface area contributed by atoms with Crippen LogP contribution in [0.1, 0.15) is 11.4 Å². The zero-order valence-corrected chi connectivity index (χ0v) is 8.71. The number of anilines is 1. The molecule has 0 unspecified atom stereocenters. The Morgan fingerprint density at radius 2 is 2.41 bits per heavy atom. The molecule has 0 aliphatic rings. The van der Waals surface area contributed by atoms with Crippen LogP contribution in [0.25, 0.3) is 0 Å². The van der Waals surface area contributed by atoms with Crippen molar-refractivity contribution in [3.05, 3.63) is 35.7 Å². The first-order valence-electron chi connectivity index (χ1n) is 4.80. The van der Waals surface area contributed by atoms with Gasteiger partial charge in [-0.1, -0.05) is 11.3 Å². The van der Waals surface area contributed by atoms with Gasteiger partial charge in [0.15, 0.2) is 5.82 Å². The van der Waals surface area contributed by atoms with Gasteiger partial charge in [-0.2, -0.15) is 10.5 Å². The summed E-state index contributed by atoms with van der Waals surface area (Å²) >= 11 is 0. The Morgan fingerprint density at radius 3 is 3.12 bits per heavy atom. The van der Waals surface area contributed by atoms with Crippen molar-refractivity contribution in [1.82, 2.24) is 20.6 Å². The molecule has 1 aromatic heterocycles. The van der Waals surface area contributed by atoms with Crippen LogP contribution in [0.4, 0.5) is 5.69 Å². The molecule has 1 heterocycles. The Kier molecular flexibility index (Phi) is 3.07. The van der Waals surface area contributed by atoms with Crippen molar-refractivity contribution in [2.75, 3.05) is 5.32 Å². The number of hydrogen-bond donors (Lipinski definition) is 2. The van der Waals surface area contributed by atoms with E-state index in [9.17, 15) is 4.79 Å². The number of carbonyl (C=O) groups is 1. The van der Waals surface area contributed by atoms with E-state index in [1.54, 1.807) is 24.3 Å². The third kappa shape index (κ3) is 2.85. The Balaban J connectivity index is 2.01. The van der Waals surface area contributed by atoms with Crippen molar-refractivity contribution in [2.24, 2.45) is 0 Å². The number of aromatic amines is 1. The predicted octanol–water partition coefficient (Wildman–Crippen LogP) is 0.253. The Hall–Kier alpha value is -2.75. The van der Waals surface area contributed by atoms with Gasteiger partial charge in [0, 0.05) is 5.69 Å². The molecule has 0 aliphatic carbocycles. The van der Waals surface area contributed by atoms with E-state index >= 15 is 0 Å². The van der Waals surface area contributed by atoms with E-state index in [2.05, 4.69) is 25.9 Å². The van der Waals surface area contributed by atoms with Crippen molar-refractivity contribution in [3.8, 4) is 6.07 Å². The van der Waals surface area contributed by atoms with Gasteiger partial charge in [-0.15, -0.1) is 10.2 Å². The third-order valence-corrected chi connectivity index (χ3v) is 1.98. The number of aromatic nitrogens is 4. The van der Waals surface area contributed by atoms with Crippen molar-refractivity contribution >= 4 is 11.6 Å². The third-order valence-electron chi connectivity index (χ3n) is 1.98. The number of rotatable bonds is 3. The van der Waals surface area contributed by atoms with Gasteiger partial charge >= 0.3 is 0 Å². The molecular weight excluding hydrogens is 220 g/mol. The number of nitrogens with one attached hydrogen (secondary N) is 2. The monoisotopic (exact) mass is 228 g/mol. The number of nitriles is 1. The van der Waals surface area contributed by atoms with E-state index < -0.39 is 0 Å². The van der Waals surface area contributed by atoms with Crippen molar-refractivity contribution in [3.63, 3.8) is 0 Å². The molecule has 1 amide bonds. The van der Waals surface area contributed by atoms with Crippen LogP contribution in [0, 0.1) is 11.3 Å². The molecule has 7 heteroatoms. The van der Waals surface area contributed by atoms with E-state index in [0.29, 0.717) is 17.1 Å². The van der Waals surface area contributed by atoms with Crippen LogP contribution in [-0.4, -0.2) is 26.5 Å². The lowest BCUT2D eigenvalue weighted by atomic mass is 10.2. The highest BCUT2D eigenvalue weighted by Gasteiger charge is 2.07.